The highest BCUT2D eigenvalue weighted by atomic mass is 19.1. The normalized spacial score (nSPS) is 10.5. The second-order valence-electron chi connectivity index (χ2n) is 6.01. The summed E-state index contributed by atoms with van der Waals surface area (Å²) in [4.78, 5) is 11.6. The summed E-state index contributed by atoms with van der Waals surface area (Å²) in [7, 11) is 3.42. The zero-order valence-corrected chi connectivity index (χ0v) is 15.2. The molecule has 3 rings (SSSR count). The van der Waals surface area contributed by atoms with Crippen LogP contribution in [-0.4, -0.2) is 22.8 Å². The third-order valence-electron chi connectivity index (χ3n) is 4.21. The average Bonchev–Trinajstić information content (AvgIpc) is 3.12. The molecule has 0 unspecified atom stereocenters. The number of methoxy groups -OCH3 is 1. The number of aromatic nitrogens is 2. The van der Waals surface area contributed by atoms with Crippen LogP contribution in [0.1, 0.15) is 5.56 Å². The van der Waals surface area contributed by atoms with Crippen molar-refractivity contribution in [1.29, 1.82) is 0 Å². The van der Waals surface area contributed by atoms with E-state index in [-0.39, 0.29) is 11.7 Å². The van der Waals surface area contributed by atoms with E-state index in [1.165, 1.54) is 18.2 Å². The van der Waals surface area contributed by atoms with Gasteiger partial charge in [-0.25, -0.2) is 4.39 Å². The highest BCUT2D eigenvalue weighted by Gasteiger charge is 2.16. The van der Waals surface area contributed by atoms with Gasteiger partial charge in [0.25, 0.3) is 0 Å². The predicted molar refractivity (Wildman–Crippen MR) is 103 cm³/mol. The van der Waals surface area contributed by atoms with Gasteiger partial charge in [0.05, 0.1) is 12.8 Å². The van der Waals surface area contributed by atoms with Gasteiger partial charge in [-0.1, -0.05) is 18.7 Å². The molecule has 5 nitrogen and oxygen atoms in total. The molecule has 0 saturated heterocycles. The van der Waals surface area contributed by atoms with E-state index in [1.807, 2.05) is 31.4 Å². The van der Waals surface area contributed by atoms with Gasteiger partial charge < -0.3 is 10.1 Å². The molecule has 0 bridgehead atoms. The molecule has 0 aliphatic carbocycles. The fourth-order valence-corrected chi connectivity index (χ4v) is 2.84. The van der Waals surface area contributed by atoms with Crippen LogP contribution in [0.15, 0.2) is 61.3 Å². The lowest BCUT2D eigenvalue weighted by Gasteiger charge is -2.15. The molecule has 0 saturated carbocycles. The van der Waals surface area contributed by atoms with Crippen LogP contribution < -0.4 is 10.1 Å². The first-order chi connectivity index (χ1) is 13.0. The van der Waals surface area contributed by atoms with Gasteiger partial charge in [0.1, 0.15) is 11.6 Å². The molecule has 0 radical (unpaired) electrons. The van der Waals surface area contributed by atoms with Crippen molar-refractivity contribution in [2.24, 2.45) is 7.05 Å². The molecule has 1 N–H and O–H groups in total. The summed E-state index contributed by atoms with van der Waals surface area (Å²) in [6.07, 6.45) is 3.08. The highest BCUT2D eigenvalue weighted by Crippen LogP contribution is 2.36. The molecule has 3 aromatic rings. The van der Waals surface area contributed by atoms with E-state index >= 15 is 0 Å². The number of hydrogen-bond acceptors (Lipinski definition) is 3. The van der Waals surface area contributed by atoms with E-state index in [0.717, 1.165) is 27.9 Å². The summed E-state index contributed by atoms with van der Waals surface area (Å²) in [5.74, 6) is 0.0686. The first kappa shape index (κ1) is 18.4. The molecule has 0 aliphatic rings. The Morgan fingerprint density at radius 1 is 1.26 bits per heavy atom. The van der Waals surface area contributed by atoms with Crippen molar-refractivity contribution >= 4 is 5.91 Å². The number of rotatable bonds is 6. The Bertz CT molecular complexity index is 978. The minimum atomic E-state index is -0.300. The molecule has 0 spiro atoms. The van der Waals surface area contributed by atoms with Crippen LogP contribution in [0.5, 0.6) is 5.75 Å². The Morgan fingerprint density at radius 2 is 2.00 bits per heavy atom. The minimum Gasteiger partial charge on any atom is -0.496 e. The second-order valence-corrected chi connectivity index (χ2v) is 6.01. The average molecular weight is 365 g/mol. The van der Waals surface area contributed by atoms with Crippen molar-refractivity contribution in [2.75, 3.05) is 7.11 Å². The number of aryl methyl sites for hydroxylation is 1. The van der Waals surface area contributed by atoms with Gasteiger partial charge in [-0.05, 0) is 47.5 Å². The van der Waals surface area contributed by atoms with Crippen molar-refractivity contribution in [3.63, 3.8) is 0 Å². The molecular weight excluding hydrogens is 345 g/mol. The lowest BCUT2D eigenvalue weighted by Crippen LogP contribution is -2.20. The number of carbonyl (C=O) groups is 1. The van der Waals surface area contributed by atoms with Crippen LogP contribution in [0.25, 0.3) is 22.4 Å². The number of hydrogen-bond donors (Lipinski definition) is 1. The van der Waals surface area contributed by atoms with Crippen molar-refractivity contribution in [2.45, 2.75) is 6.54 Å². The highest BCUT2D eigenvalue weighted by molar-refractivity contribution is 5.87. The Labute approximate surface area is 157 Å². The Kier molecular flexibility index (Phi) is 5.35. The van der Waals surface area contributed by atoms with E-state index in [0.29, 0.717) is 12.3 Å². The van der Waals surface area contributed by atoms with Crippen LogP contribution in [0.2, 0.25) is 0 Å². The lowest BCUT2D eigenvalue weighted by molar-refractivity contribution is -0.116. The van der Waals surface area contributed by atoms with Crippen LogP contribution in [0, 0.1) is 5.82 Å². The predicted octanol–water partition coefficient (Wildman–Crippen LogP) is 3.70. The van der Waals surface area contributed by atoms with Crippen molar-refractivity contribution in [1.82, 2.24) is 15.1 Å². The molecule has 1 aromatic heterocycles. The summed E-state index contributed by atoms with van der Waals surface area (Å²) in [6.45, 7) is 3.77. The Balaban J connectivity index is 2.13. The van der Waals surface area contributed by atoms with Gasteiger partial charge in [0.2, 0.25) is 5.91 Å². The quantitative estimate of drug-likeness (QED) is 0.678. The number of nitrogens with one attached hydrogen (secondary N) is 1. The van der Waals surface area contributed by atoms with Crippen LogP contribution in [-0.2, 0) is 18.4 Å². The van der Waals surface area contributed by atoms with Crippen LogP contribution in [0.3, 0.4) is 0 Å². The maximum absolute atomic E-state index is 13.3. The molecule has 1 heterocycles. The number of benzene rings is 2. The standard InChI is InChI=1S/C21H20FN3O2/c1-4-21(26)23-13-15-11-20(27-3)18(14-5-7-16(22)8-6-14)12-17(15)19-9-10-25(2)24-19/h4-12H,1,13H2,2-3H3,(H,23,26). The van der Waals surface area contributed by atoms with E-state index in [2.05, 4.69) is 17.0 Å². The largest absolute Gasteiger partial charge is 0.496 e. The second kappa shape index (κ2) is 7.86. The zero-order valence-electron chi connectivity index (χ0n) is 15.2. The van der Waals surface area contributed by atoms with Crippen LogP contribution in [0.4, 0.5) is 4.39 Å². The molecule has 138 valence electrons. The van der Waals surface area contributed by atoms with E-state index in [4.69, 9.17) is 4.74 Å². The van der Waals surface area contributed by atoms with Gasteiger partial charge in [-0.2, -0.15) is 5.10 Å². The first-order valence-corrected chi connectivity index (χ1v) is 8.39. The van der Waals surface area contributed by atoms with Gasteiger partial charge in [-0.3, -0.25) is 9.48 Å². The van der Waals surface area contributed by atoms with Crippen molar-refractivity contribution < 1.29 is 13.9 Å². The third-order valence-corrected chi connectivity index (χ3v) is 4.21. The van der Waals surface area contributed by atoms with Gasteiger partial charge in [0.15, 0.2) is 0 Å². The molecule has 27 heavy (non-hydrogen) atoms. The first-order valence-electron chi connectivity index (χ1n) is 8.39. The maximum Gasteiger partial charge on any atom is 0.243 e. The van der Waals surface area contributed by atoms with E-state index < -0.39 is 0 Å². The zero-order chi connectivity index (χ0) is 19.4. The Hall–Kier alpha value is -3.41. The molecular formula is C21H20FN3O2. The molecule has 0 atom stereocenters. The van der Waals surface area contributed by atoms with Gasteiger partial charge in [0, 0.05) is 30.9 Å². The molecule has 1 amide bonds. The molecule has 0 fully saturated rings. The number of carbonyl (C=O) groups excluding carboxylic acids is 1. The van der Waals surface area contributed by atoms with E-state index in [1.54, 1.807) is 23.9 Å². The summed E-state index contributed by atoms with van der Waals surface area (Å²) in [5, 5.41) is 7.26. The summed E-state index contributed by atoms with van der Waals surface area (Å²) >= 11 is 0. The summed E-state index contributed by atoms with van der Waals surface area (Å²) in [5.41, 5.74) is 4.13. The third kappa shape index (κ3) is 4.06. The monoisotopic (exact) mass is 365 g/mol. The van der Waals surface area contributed by atoms with Gasteiger partial charge >= 0.3 is 0 Å². The number of halogens is 1. The molecule has 6 heteroatoms. The Morgan fingerprint density at radius 3 is 2.59 bits per heavy atom. The van der Waals surface area contributed by atoms with Gasteiger partial charge in [-0.15, -0.1) is 0 Å². The molecule has 0 aliphatic heterocycles. The minimum absolute atomic E-state index is 0.261. The lowest BCUT2D eigenvalue weighted by atomic mass is 9.96. The summed E-state index contributed by atoms with van der Waals surface area (Å²) < 4.78 is 20.6. The van der Waals surface area contributed by atoms with Crippen molar-refractivity contribution in [3.05, 3.63) is 72.7 Å². The fourth-order valence-electron chi connectivity index (χ4n) is 2.84. The fraction of sp³-hybridized carbons (Fsp3) is 0.143. The smallest absolute Gasteiger partial charge is 0.243 e. The summed E-state index contributed by atoms with van der Waals surface area (Å²) in [6, 6.07) is 11.9. The maximum atomic E-state index is 13.3. The van der Waals surface area contributed by atoms with Crippen molar-refractivity contribution in [3.8, 4) is 28.1 Å². The number of ether oxygens (including phenoxy) is 1. The van der Waals surface area contributed by atoms with Crippen LogP contribution >= 0.6 is 0 Å². The van der Waals surface area contributed by atoms with E-state index in [9.17, 15) is 9.18 Å². The number of amides is 1. The SMILES string of the molecule is C=CC(=O)NCc1cc(OC)c(-c2ccc(F)cc2)cc1-c1ccn(C)n1. The topological polar surface area (TPSA) is 56.1 Å². The number of nitrogens with zero attached hydrogens (tertiary/aromatic N) is 2. The molecule has 2 aromatic carbocycles.